The van der Waals surface area contributed by atoms with Crippen LogP contribution in [0.1, 0.15) is 36.9 Å². The molecule has 0 bridgehead atoms. The molecule has 6 nitrogen and oxygen atoms in total. The molecule has 1 heterocycles. The van der Waals surface area contributed by atoms with E-state index in [1.165, 1.54) is 0 Å². The molecule has 0 spiro atoms. The highest BCUT2D eigenvalue weighted by molar-refractivity contribution is 6.07. The fourth-order valence-corrected chi connectivity index (χ4v) is 2.62. The molecule has 3 aromatic rings. The first kappa shape index (κ1) is 18.5. The molecule has 2 aromatic carbocycles. The van der Waals surface area contributed by atoms with Crippen molar-refractivity contribution in [3.05, 3.63) is 66.1 Å². The zero-order chi connectivity index (χ0) is 19.4. The Morgan fingerprint density at radius 3 is 2.37 bits per heavy atom. The normalized spacial score (nSPS) is 11.2. The van der Waals surface area contributed by atoms with Gasteiger partial charge >= 0.3 is 6.09 Å². The van der Waals surface area contributed by atoms with E-state index in [4.69, 9.17) is 9.15 Å². The lowest BCUT2D eigenvalue weighted by atomic mass is 10.0. The Labute approximate surface area is 157 Å². The number of fused-ring (bicyclic) bond motifs is 1. The summed E-state index contributed by atoms with van der Waals surface area (Å²) in [6, 6.07) is 14.7. The maximum atomic E-state index is 12.7. The van der Waals surface area contributed by atoms with Crippen molar-refractivity contribution in [3.63, 3.8) is 0 Å². The summed E-state index contributed by atoms with van der Waals surface area (Å²) in [7, 11) is 0. The van der Waals surface area contributed by atoms with Gasteiger partial charge in [0.1, 0.15) is 11.4 Å². The molecule has 6 heteroatoms. The molecule has 0 atom stereocenters. The van der Waals surface area contributed by atoms with Crippen molar-refractivity contribution in [3.8, 4) is 0 Å². The van der Waals surface area contributed by atoms with Crippen LogP contribution in [0.2, 0.25) is 0 Å². The number of hydrogen-bond donors (Lipinski definition) is 2. The Morgan fingerprint density at radius 1 is 1.04 bits per heavy atom. The Hall–Kier alpha value is -3.28. The summed E-state index contributed by atoms with van der Waals surface area (Å²) in [5.41, 5.74) is 0.105. The van der Waals surface area contributed by atoms with Gasteiger partial charge in [0.2, 0.25) is 0 Å². The first-order chi connectivity index (χ1) is 12.8. The second kappa shape index (κ2) is 7.53. The number of rotatable bonds is 4. The number of furan rings is 1. The number of anilines is 1. The average molecular weight is 366 g/mol. The van der Waals surface area contributed by atoms with Crippen molar-refractivity contribution >= 4 is 28.5 Å². The van der Waals surface area contributed by atoms with Gasteiger partial charge in [0.15, 0.2) is 0 Å². The molecule has 0 unspecified atom stereocenters. The Kier molecular flexibility index (Phi) is 5.16. The van der Waals surface area contributed by atoms with Gasteiger partial charge in [0, 0.05) is 0 Å². The molecule has 0 radical (unpaired) electrons. The molecule has 2 N–H and O–H groups in total. The lowest BCUT2D eigenvalue weighted by Crippen LogP contribution is -2.29. The Morgan fingerprint density at radius 2 is 1.74 bits per heavy atom. The monoisotopic (exact) mass is 366 g/mol. The molecule has 1 aromatic heterocycles. The predicted molar refractivity (Wildman–Crippen MR) is 104 cm³/mol. The van der Waals surface area contributed by atoms with E-state index in [1.54, 1.807) is 51.3 Å². The third-order valence-electron chi connectivity index (χ3n) is 3.77. The van der Waals surface area contributed by atoms with E-state index in [9.17, 15) is 9.59 Å². The van der Waals surface area contributed by atoms with Crippen molar-refractivity contribution in [1.82, 2.24) is 5.32 Å². The van der Waals surface area contributed by atoms with Gasteiger partial charge in [0.05, 0.1) is 24.1 Å². The van der Waals surface area contributed by atoms with Gasteiger partial charge in [-0.25, -0.2) is 4.79 Å². The minimum atomic E-state index is -0.636. The molecule has 2 amide bonds. The fourth-order valence-electron chi connectivity index (χ4n) is 2.62. The molecule has 3 rings (SSSR count). The minimum absolute atomic E-state index is 0.255. The van der Waals surface area contributed by atoms with E-state index in [1.807, 2.05) is 24.3 Å². The summed E-state index contributed by atoms with van der Waals surface area (Å²) in [6.07, 6.45) is 0.936. The Bertz CT molecular complexity index is 956. The van der Waals surface area contributed by atoms with Crippen molar-refractivity contribution in [2.24, 2.45) is 0 Å². The van der Waals surface area contributed by atoms with Crippen molar-refractivity contribution in [2.45, 2.75) is 32.9 Å². The topological polar surface area (TPSA) is 80.6 Å². The van der Waals surface area contributed by atoms with Crippen molar-refractivity contribution < 1.29 is 18.7 Å². The van der Waals surface area contributed by atoms with Crippen molar-refractivity contribution in [2.75, 3.05) is 5.32 Å². The summed E-state index contributed by atoms with van der Waals surface area (Å²) in [4.78, 5) is 24.9. The number of amides is 2. The number of benzene rings is 2. The zero-order valence-corrected chi connectivity index (χ0v) is 15.5. The summed E-state index contributed by atoms with van der Waals surface area (Å²) >= 11 is 0. The largest absolute Gasteiger partial charge is 0.467 e. The molecule has 0 fully saturated rings. The zero-order valence-electron chi connectivity index (χ0n) is 15.5. The Balaban J connectivity index is 1.88. The number of carbonyl (C=O) groups is 2. The van der Waals surface area contributed by atoms with Crippen LogP contribution < -0.4 is 10.6 Å². The van der Waals surface area contributed by atoms with Crippen LogP contribution >= 0.6 is 0 Å². The summed E-state index contributed by atoms with van der Waals surface area (Å²) in [5.74, 6) is 0.328. The average Bonchev–Trinajstić information content (AvgIpc) is 3.11. The van der Waals surface area contributed by atoms with Gasteiger partial charge in [-0.05, 0) is 55.8 Å². The standard InChI is InChI=1S/C21H22N2O4/c1-21(2,3)27-20(25)23-18-12-15-8-5-4-7-14(15)11-17(18)19(24)22-13-16-9-6-10-26-16/h4-12H,13H2,1-3H3,(H,22,24)(H,23,25). The van der Waals surface area contributed by atoms with Crippen molar-refractivity contribution in [1.29, 1.82) is 0 Å². The van der Waals surface area contributed by atoms with Crippen LogP contribution in [0.5, 0.6) is 0 Å². The van der Waals surface area contributed by atoms with Gasteiger partial charge in [-0.2, -0.15) is 0 Å². The van der Waals surface area contributed by atoms with Crippen LogP contribution in [0, 0.1) is 0 Å². The minimum Gasteiger partial charge on any atom is -0.467 e. The lowest BCUT2D eigenvalue weighted by Gasteiger charge is -2.20. The van der Waals surface area contributed by atoms with Crippen LogP contribution in [0.15, 0.2) is 59.2 Å². The van der Waals surface area contributed by atoms with Gasteiger partial charge in [-0.3, -0.25) is 10.1 Å². The fraction of sp³-hybridized carbons (Fsp3) is 0.238. The number of ether oxygens (including phenoxy) is 1. The summed E-state index contributed by atoms with van der Waals surface area (Å²) < 4.78 is 10.5. The molecule has 0 saturated heterocycles. The van der Waals surface area contributed by atoms with Crippen LogP contribution in [0.3, 0.4) is 0 Å². The van der Waals surface area contributed by atoms with E-state index in [0.29, 0.717) is 17.0 Å². The molecule has 0 aliphatic carbocycles. The third kappa shape index (κ3) is 4.88. The van der Waals surface area contributed by atoms with Crippen LogP contribution in [-0.2, 0) is 11.3 Å². The highest BCUT2D eigenvalue weighted by atomic mass is 16.6. The van der Waals surface area contributed by atoms with E-state index < -0.39 is 11.7 Å². The van der Waals surface area contributed by atoms with E-state index in [0.717, 1.165) is 10.8 Å². The summed E-state index contributed by atoms with van der Waals surface area (Å²) in [6.45, 7) is 5.60. The smallest absolute Gasteiger partial charge is 0.412 e. The van der Waals surface area contributed by atoms with Crippen LogP contribution in [-0.4, -0.2) is 17.6 Å². The van der Waals surface area contributed by atoms with Gasteiger partial charge in [-0.1, -0.05) is 24.3 Å². The first-order valence-electron chi connectivity index (χ1n) is 8.65. The van der Waals surface area contributed by atoms with E-state index in [2.05, 4.69) is 10.6 Å². The quantitative estimate of drug-likeness (QED) is 0.701. The molecule has 0 aliphatic rings. The van der Waals surface area contributed by atoms with Crippen LogP contribution in [0.4, 0.5) is 10.5 Å². The highest BCUT2D eigenvalue weighted by Crippen LogP contribution is 2.25. The second-order valence-electron chi connectivity index (χ2n) is 7.13. The summed E-state index contributed by atoms with van der Waals surface area (Å²) in [5, 5.41) is 7.30. The van der Waals surface area contributed by atoms with E-state index in [-0.39, 0.29) is 12.5 Å². The lowest BCUT2D eigenvalue weighted by molar-refractivity contribution is 0.0636. The molecule has 0 saturated carbocycles. The third-order valence-corrected chi connectivity index (χ3v) is 3.77. The van der Waals surface area contributed by atoms with Gasteiger partial charge in [-0.15, -0.1) is 0 Å². The van der Waals surface area contributed by atoms with Crippen LogP contribution in [0.25, 0.3) is 10.8 Å². The predicted octanol–water partition coefficient (Wildman–Crippen LogP) is 4.71. The SMILES string of the molecule is CC(C)(C)OC(=O)Nc1cc2ccccc2cc1C(=O)NCc1ccco1. The molecule has 140 valence electrons. The first-order valence-corrected chi connectivity index (χ1v) is 8.65. The highest BCUT2D eigenvalue weighted by Gasteiger charge is 2.20. The number of nitrogens with one attached hydrogen (secondary N) is 2. The molecule has 0 aliphatic heterocycles. The molecule has 27 heavy (non-hydrogen) atoms. The maximum absolute atomic E-state index is 12.7. The second-order valence-corrected chi connectivity index (χ2v) is 7.13. The van der Waals surface area contributed by atoms with Gasteiger partial charge < -0.3 is 14.5 Å². The van der Waals surface area contributed by atoms with E-state index >= 15 is 0 Å². The number of hydrogen-bond acceptors (Lipinski definition) is 4. The molecular weight excluding hydrogens is 344 g/mol. The maximum Gasteiger partial charge on any atom is 0.412 e. The number of carbonyl (C=O) groups excluding carboxylic acids is 2. The van der Waals surface area contributed by atoms with Gasteiger partial charge in [0.25, 0.3) is 5.91 Å². The molecular formula is C21H22N2O4.